The zero-order valence-electron chi connectivity index (χ0n) is 14.6. The van der Waals surface area contributed by atoms with Crippen molar-refractivity contribution in [3.8, 4) is 0 Å². The first-order valence-electron chi connectivity index (χ1n) is 9.44. The van der Waals surface area contributed by atoms with E-state index in [4.69, 9.17) is 4.43 Å². The molecule has 0 heterocycles. The van der Waals surface area contributed by atoms with Gasteiger partial charge < -0.3 is 4.43 Å². The lowest BCUT2D eigenvalue weighted by Crippen LogP contribution is -2.48. The Hall–Kier alpha value is -1.38. The lowest BCUT2D eigenvalue weighted by molar-refractivity contribution is 0.112. The van der Waals surface area contributed by atoms with E-state index in [1.807, 2.05) is 0 Å². The second kappa shape index (κ2) is 5.06. The van der Waals surface area contributed by atoms with Crippen LogP contribution in [0.5, 0.6) is 0 Å². The van der Waals surface area contributed by atoms with Crippen molar-refractivity contribution in [3.63, 3.8) is 0 Å². The Labute approximate surface area is 146 Å². The first kappa shape index (κ1) is 14.9. The summed E-state index contributed by atoms with van der Waals surface area (Å²) in [5.74, 6) is 3.35. The van der Waals surface area contributed by atoms with E-state index in [0.717, 1.165) is 23.7 Å². The van der Waals surface area contributed by atoms with Crippen molar-refractivity contribution in [1.82, 2.24) is 0 Å². The van der Waals surface area contributed by atoms with Gasteiger partial charge in [0.1, 0.15) is 0 Å². The molecule has 0 amide bonds. The molecular weight excluding hydrogens is 308 g/mol. The molecule has 1 nitrogen and oxygen atoms in total. The van der Waals surface area contributed by atoms with E-state index in [9.17, 15) is 0 Å². The predicted octanol–water partition coefficient (Wildman–Crippen LogP) is 4.69. The van der Waals surface area contributed by atoms with E-state index < -0.39 is 8.32 Å². The van der Waals surface area contributed by atoms with Crippen molar-refractivity contribution >= 4 is 13.5 Å². The van der Waals surface area contributed by atoms with Crippen LogP contribution in [-0.2, 0) is 10.0 Å². The van der Waals surface area contributed by atoms with Gasteiger partial charge >= 0.3 is 0 Å². The highest BCUT2D eigenvalue weighted by atomic mass is 28.4. The molecule has 5 rings (SSSR count). The van der Waals surface area contributed by atoms with Crippen molar-refractivity contribution in [2.45, 2.75) is 38.0 Å². The highest BCUT2D eigenvalue weighted by Gasteiger charge is 2.77. The molecule has 24 heavy (non-hydrogen) atoms. The maximum absolute atomic E-state index is 7.20. The fraction of sp³-hybridized carbons (Fsp3) is 0.455. The Kier molecular flexibility index (Phi) is 3.14. The van der Waals surface area contributed by atoms with Gasteiger partial charge in [-0.15, -0.1) is 0 Å². The van der Waals surface area contributed by atoms with Crippen LogP contribution >= 0.6 is 0 Å². The molecule has 2 aromatic rings. The molecule has 3 aliphatic carbocycles. The van der Waals surface area contributed by atoms with Crippen LogP contribution in [0.15, 0.2) is 60.7 Å². The molecule has 2 heteroatoms. The molecule has 0 aromatic heterocycles. The second-order valence-electron chi connectivity index (χ2n) is 8.52. The van der Waals surface area contributed by atoms with E-state index >= 15 is 0 Å². The van der Waals surface area contributed by atoms with Crippen LogP contribution in [0.4, 0.5) is 0 Å². The molecule has 2 aromatic carbocycles. The largest absolute Gasteiger partial charge is 0.403 e. The van der Waals surface area contributed by atoms with Gasteiger partial charge in [-0.05, 0) is 54.9 Å². The monoisotopic (exact) mass is 334 g/mol. The summed E-state index contributed by atoms with van der Waals surface area (Å²) in [5.41, 5.74) is 1.45. The average Bonchev–Trinajstić information content (AvgIpc) is 2.94. The third-order valence-corrected chi connectivity index (χ3v) is 9.49. The predicted molar refractivity (Wildman–Crippen MR) is 101 cm³/mol. The van der Waals surface area contributed by atoms with Gasteiger partial charge in [0.2, 0.25) is 8.32 Å². The summed E-state index contributed by atoms with van der Waals surface area (Å²) >= 11 is 0. The highest BCUT2D eigenvalue weighted by molar-refractivity contribution is 6.84. The molecule has 124 valence electrons. The van der Waals surface area contributed by atoms with Crippen molar-refractivity contribution in [3.05, 3.63) is 66.2 Å². The molecular formula is C22H26OSi. The van der Waals surface area contributed by atoms with E-state index in [2.05, 4.69) is 73.8 Å². The summed E-state index contributed by atoms with van der Waals surface area (Å²) in [6.45, 7) is 4.76. The molecule has 0 radical (unpaired) electrons. The number of hydrogen-bond acceptors (Lipinski definition) is 1. The Morgan fingerprint density at radius 2 is 1.38 bits per heavy atom. The van der Waals surface area contributed by atoms with Crippen molar-refractivity contribution < 1.29 is 4.43 Å². The van der Waals surface area contributed by atoms with Crippen LogP contribution in [0.3, 0.4) is 0 Å². The second-order valence-corrected chi connectivity index (χ2v) is 12.3. The van der Waals surface area contributed by atoms with E-state index in [1.54, 1.807) is 0 Å². The van der Waals surface area contributed by atoms with Crippen LogP contribution in [-0.4, -0.2) is 8.32 Å². The highest BCUT2D eigenvalue weighted by Crippen LogP contribution is 2.77. The normalized spacial score (nSPS) is 36.6. The Morgan fingerprint density at radius 1 is 0.833 bits per heavy atom. The first-order chi connectivity index (χ1) is 11.6. The molecule has 0 saturated heterocycles. The lowest BCUT2D eigenvalue weighted by Gasteiger charge is -2.34. The van der Waals surface area contributed by atoms with Crippen molar-refractivity contribution in [2.75, 3.05) is 0 Å². The smallest absolute Gasteiger partial charge is 0.219 e. The number of fused-ring (bicyclic) bond motifs is 5. The molecule has 0 N–H and O–H groups in total. The zero-order chi connectivity index (χ0) is 16.4. The fourth-order valence-electron chi connectivity index (χ4n) is 6.01. The molecule has 3 fully saturated rings. The zero-order valence-corrected chi connectivity index (χ0v) is 15.6. The Morgan fingerprint density at radius 3 is 1.96 bits per heavy atom. The first-order valence-corrected chi connectivity index (χ1v) is 12.3. The quantitative estimate of drug-likeness (QED) is 0.737. The molecule has 4 atom stereocenters. The third kappa shape index (κ3) is 1.96. The summed E-state index contributed by atoms with van der Waals surface area (Å²) in [6, 6.07) is 22.1. The molecule has 0 aliphatic heterocycles. The summed E-state index contributed by atoms with van der Waals surface area (Å²) in [4.78, 5) is 0. The standard InChI is InChI=1S/C22H26OSi/c1-24(2,19-11-7-4-8-12-19)23-22(18-9-5-3-6-10-18)20-16-13-14-17(15-16)21(20)22/h3-12,16-17,20-21H,13-15H2,1-2H3. The van der Waals surface area contributed by atoms with Crippen LogP contribution < -0.4 is 5.19 Å². The van der Waals surface area contributed by atoms with Gasteiger partial charge in [-0.2, -0.15) is 0 Å². The minimum Gasteiger partial charge on any atom is -0.403 e. The van der Waals surface area contributed by atoms with Gasteiger partial charge in [-0.3, -0.25) is 0 Å². The minimum absolute atomic E-state index is 0.0108. The van der Waals surface area contributed by atoms with Gasteiger partial charge in [0.25, 0.3) is 0 Å². The van der Waals surface area contributed by atoms with E-state index in [0.29, 0.717) is 0 Å². The lowest BCUT2D eigenvalue weighted by atomic mass is 9.94. The van der Waals surface area contributed by atoms with Crippen LogP contribution in [0, 0.1) is 23.7 Å². The van der Waals surface area contributed by atoms with Crippen LogP contribution in [0.1, 0.15) is 24.8 Å². The fourth-order valence-corrected chi connectivity index (χ4v) is 8.36. The van der Waals surface area contributed by atoms with E-state index in [-0.39, 0.29) is 5.60 Å². The van der Waals surface area contributed by atoms with Crippen molar-refractivity contribution in [1.29, 1.82) is 0 Å². The maximum Gasteiger partial charge on any atom is 0.219 e. The number of hydrogen-bond donors (Lipinski definition) is 0. The van der Waals surface area contributed by atoms with E-state index in [1.165, 1.54) is 30.0 Å². The summed E-state index contributed by atoms with van der Waals surface area (Å²) in [7, 11) is -1.93. The van der Waals surface area contributed by atoms with Gasteiger partial charge in [0, 0.05) is 11.8 Å². The maximum atomic E-state index is 7.20. The van der Waals surface area contributed by atoms with Crippen molar-refractivity contribution in [2.24, 2.45) is 23.7 Å². The van der Waals surface area contributed by atoms with Crippen LogP contribution in [0.25, 0.3) is 0 Å². The molecule has 2 bridgehead atoms. The molecule has 3 saturated carbocycles. The Balaban J connectivity index is 1.55. The van der Waals surface area contributed by atoms with Gasteiger partial charge in [0.05, 0.1) is 5.60 Å². The third-order valence-electron chi connectivity index (χ3n) is 6.92. The Bertz CT molecular complexity index is 723. The number of rotatable bonds is 4. The summed E-state index contributed by atoms with van der Waals surface area (Å²) < 4.78 is 7.20. The van der Waals surface area contributed by atoms with Gasteiger partial charge in [-0.25, -0.2) is 0 Å². The topological polar surface area (TPSA) is 9.23 Å². The summed E-state index contributed by atoms with van der Waals surface area (Å²) in [6.07, 6.45) is 4.31. The summed E-state index contributed by atoms with van der Waals surface area (Å²) in [5, 5.41) is 1.41. The minimum atomic E-state index is -1.93. The molecule has 4 unspecified atom stereocenters. The van der Waals surface area contributed by atoms with Crippen LogP contribution in [0.2, 0.25) is 13.1 Å². The molecule has 3 aliphatic rings. The average molecular weight is 335 g/mol. The van der Waals surface area contributed by atoms with Gasteiger partial charge in [0.15, 0.2) is 0 Å². The molecule has 0 spiro atoms. The number of benzene rings is 2. The SMILES string of the molecule is C[Si](C)(OC1(c2ccccc2)C2C3CCC(C3)C21)c1ccccc1. The van der Waals surface area contributed by atoms with Gasteiger partial charge in [-0.1, -0.05) is 60.7 Å².